The number of benzene rings is 2. The van der Waals surface area contributed by atoms with Gasteiger partial charge in [-0.15, -0.1) is 0 Å². The summed E-state index contributed by atoms with van der Waals surface area (Å²) in [6.45, 7) is 9.25. The zero-order valence-corrected chi connectivity index (χ0v) is 13.7. The van der Waals surface area contributed by atoms with E-state index < -0.39 is 0 Å². The van der Waals surface area contributed by atoms with Crippen LogP contribution in [0.4, 0.5) is 0 Å². The predicted octanol–water partition coefficient (Wildman–Crippen LogP) is 4.83. The Labute approximate surface area is 125 Å². The molecule has 102 valence electrons. The van der Waals surface area contributed by atoms with Crippen molar-refractivity contribution in [1.29, 1.82) is 0 Å². The lowest BCUT2D eigenvalue weighted by atomic mass is 10.0. The zero-order valence-electron chi connectivity index (χ0n) is 12.1. The lowest BCUT2D eigenvalue weighted by Crippen LogP contribution is -1.94. The van der Waals surface area contributed by atoms with Crippen LogP contribution >= 0.6 is 15.9 Å². The average molecular weight is 320 g/mol. The van der Waals surface area contributed by atoms with Gasteiger partial charge in [0.15, 0.2) is 0 Å². The minimum atomic E-state index is 0.618. The molecule has 0 amide bonds. The summed E-state index contributed by atoms with van der Waals surface area (Å²) in [5, 5.41) is 0. The Morgan fingerprint density at radius 1 is 0.895 bits per heavy atom. The second kappa shape index (κ2) is 7.46. The van der Waals surface area contributed by atoms with E-state index in [4.69, 9.17) is 5.73 Å². The van der Waals surface area contributed by atoms with E-state index in [1.165, 1.54) is 27.8 Å². The highest BCUT2D eigenvalue weighted by atomic mass is 79.9. The van der Waals surface area contributed by atoms with Gasteiger partial charge in [0, 0.05) is 11.0 Å². The molecule has 0 bridgehead atoms. The van der Waals surface area contributed by atoms with Gasteiger partial charge in [0.05, 0.1) is 0 Å². The van der Waals surface area contributed by atoms with Crippen LogP contribution in [0.15, 0.2) is 40.9 Å². The number of hydrogen-bond donors (Lipinski definition) is 1. The SMILES string of the molecule is Cc1cc(C)c(C)c(C)c1.NCc1ccc(Br)cc1. The Balaban J connectivity index is 0.000000191. The number of halogens is 1. The number of hydrogen-bond acceptors (Lipinski definition) is 1. The number of rotatable bonds is 1. The molecule has 0 aliphatic heterocycles. The Hall–Kier alpha value is -1.12. The molecule has 2 rings (SSSR count). The molecule has 0 atom stereocenters. The second-order valence-electron chi connectivity index (χ2n) is 4.85. The molecule has 0 aliphatic carbocycles. The normalized spacial score (nSPS) is 9.79. The number of aryl methyl sites for hydroxylation is 3. The van der Waals surface area contributed by atoms with Gasteiger partial charge in [-0.2, -0.15) is 0 Å². The van der Waals surface area contributed by atoms with Crippen LogP contribution in [-0.2, 0) is 6.54 Å². The van der Waals surface area contributed by atoms with Crippen LogP contribution < -0.4 is 5.73 Å². The van der Waals surface area contributed by atoms with Crippen LogP contribution in [0.3, 0.4) is 0 Å². The van der Waals surface area contributed by atoms with E-state index in [-0.39, 0.29) is 0 Å². The molecule has 0 fully saturated rings. The molecule has 0 unspecified atom stereocenters. The molecule has 2 aromatic carbocycles. The molecule has 2 heteroatoms. The van der Waals surface area contributed by atoms with Crippen molar-refractivity contribution in [3.8, 4) is 0 Å². The van der Waals surface area contributed by atoms with Crippen LogP contribution in [0.2, 0.25) is 0 Å². The minimum absolute atomic E-state index is 0.618. The van der Waals surface area contributed by atoms with Gasteiger partial charge in [0.2, 0.25) is 0 Å². The molecule has 0 saturated carbocycles. The van der Waals surface area contributed by atoms with Crippen molar-refractivity contribution in [2.24, 2.45) is 5.73 Å². The van der Waals surface area contributed by atoms with Gasteiger partial charge in [0.25, 0.3) is 0 Å². The van der Waals surface area contributed by atoms with Crippen molar-refractivity contribution < 1.29 is 0 Å². The summed E-state index contributed by atoms with van der Waals surface area (Å²) in [6, 6.07) is 12.4. The van der Waals surface area contributed by atoms with Crippen LogP contribution in [-0.4, -0.2) is 0 Å². The van der Waals surface area contributed by atoms with E-state index in [0.717, 1.165) is 4.47 Å². The van der Waals surface area contributed by atoms with Gasteiger partial charge in [0.1, 0.15) is 0 Å². The highest BCUT2D eigenvalue weighted by Crippen LogP contribution is 2.14. The van der Waals surface area contributed by atoms with Gasteiger partial charge >= 0.3 is 0 Å². The van der Waals surface area contributed by atoms with Gasteiger partial charge in [-0.3, -0.25) is 0 Å². The van der Waals surface area contributed by atoms with E-state index in [1.54, 1.807) is 0 Å². The van der Waals surface area contributed by atoms with E-state index >= 15 is 0 Å². The molecular weight excluding hydrogens is 298 g/mol. The summed E-state index contributed by atoms with van der Waals surface area (Å²) in [5.41, 5.74) is 12.1. The standard InChI is InChI=1S/C10H14.C7H8BrN/c1-7-5-8(2)10(4)9(3)6-7;8-7-3-1-6(5-9)2-4-7/h5-6H,1-4H3;1-4H,5,9H2. The molecule has 2 N–H and O–H groups in total. The Bertz CT molecular complexity index is 506. The molecule has 19 heavy (non-hydrogen) atoms. The van der Waals surface area contributed by atoms with E-state index in [1.807, 2.05) is 24.3 Å². The Kier molecular flexibility index (Phi) is 6.26. The first-order chi connectivity index (χ1) is 8.93. The summed E-state index contributed by atoms with van der Waals surface area (Å²) in [6.07, 6.45) is 0. The Morgan fingerprint density at radius 3 is 1.79 bits per heavy atom. The lowest BCUT2D eigenvalue weighted by molar-refractivity contribution is 1.07. The van der Waals surface area contributed by atoms with Crippen molar-refractivity contribution >= 4 is 15.9 Å². The van der Waals surface area contributed by atoms with E-state index in [2.05, 4.69) is 55.8 Å². The van der Waals surface area contributed by atoms with Crippen LogP contribution in [0.25, 0.3) is 0 Å². The van der Waals surface area contributed by atoms with Crippen LogP contribution in [0.5, 0.6) is 0 Å². The molecule has 0 radical (unpaired) electrons. The first-order valence-corrected chi connectivity index (χ1v) is 7.22. The van der Waals surface area contributed by atoms with E-state index in [0.29, 0.717) is 6.54 Å². The van der Waals surface area contributed by atoms with E-state index in [9.17, 15) is 0 Å². The first kappa shape index (κ1) is 15.9. The fourth-order valence-corrected chi connectivity index (χ4v) is 2.14. The predicted molar refractivity (Wildman–Crippen MR) is 87.4 cm³/mol. The summed E-state index contributed by atoms with van der Waals surface area (Å²) in [4.78, 5) is 0. The van der Waals surface area contributed by atoms with Crippen molar-refractivity contribution in [3.63, 3.8) is 0 Å². The molecule has 0 spiro atoms. The maximum Gasteiger partial charge on any atom is 0.0178 e. The molecule has 2 aromatic rings. The second-order valence-corrected chi connectivity index (χ2v) is 5.77. The van der Waals surface area contributed by atoms with Crippen LogP contribution in [0, 0.1) is 27.7 Å². The van der Waals surface area contributed by atoms with Gasteiger partial charge in [-0.1, -0.05) is 45.8 Å². The fraction of sp³-hybridized carbons (Fsp3) is 0.294. The average Bonchev–Trinajstić information content (AvgIpc) is 2.37. The van der Waals surface area contributed by atoms with Crippen molar-refractivity contribution in [3.05, 3.63) is 68.7 Å². The topological polar surface area (TPSA) is 26.0 Å². The summed E-state index contributed by atoms with van der Waals surface area (Å²) >= 11 is 3.33. The summed E-state index contributed by atoms with van der Waals surface area (Å²) in [7, 11) is 0. The monoisotopic (exact) mass is 319 g/mol. The van der Waals surface area contributed by atoms with Crippen molar-refractivity contribution in [2.75, 3.05) is 0 Å². The zero-order chi connectivity index (χ0) is 14.4. The highest BCUT2D eigenvalue weighted by Gasteiger charge is 1.96. The van der Waals surface area contributed by atoms with Gasteiger partial charge < -0.3 is 5.73 Å². The minimum Gasteiger partial charge on any atom is -0.326 e. The maximum absolute atomic E-state index is 5.38. The lowest BCUT2D eigenvalue weighted by Gasteiger charge is -2.04. The fourth-order valence-electron chi connectivity index (χ4n) is 1.87. The van der Waals surface area contributed by atoms with Crippen LogP contribution in [0.1, 0.15) is 27.8 Å². The molecule has 0 aliphatic rings. The molecule has 0 saturated heterocycles. The maximum atomic E-state index is 5.38. The quantitative estimate of drug-likeness (QED) is 0.800. The third-order valence-corrected chi connectivity index (χ3v) is 3.75. The highest BCUT2D eigenvalue weighted by molar-refractivity contribution is 9.10. The van der Waals surface area contributed by atoms with Crippen molar-refractivity contribution in [2.45, 2.75) is 34.2 Å². The molecule has 0 aromatic heterocycles. The van der Waals surface area contributed by atoms with Crippen molar-refractivity contribution in [1.82, 2.24) is 0 Å². The third-order valence-electron chi connectivity index (χ3n) is 3.22. The molecule has 0 heterocycles. The first-order valence-electron chi connectivity index (χ1n) is 6.43. The Morgan fingerprint density at radius 2 is 1.37 bits per heavy atom. The van der Waals surface area contributed by atoms with Gasteiger partial charge in [-0.25, -0.2) is 0 Å². The largest absolute Gasteiger partial charge is 0.326 e. The summed E-state index contributed by atoms with van der Waals surface area (Å²) in [5.74, 6) is 0. The molecular formula is C17H22BrN. The number of nitrogens with two attached hydrogens (primary N) is 1. The smallest absolute Gasteiger partial charge is 0.0178 e. The summed E-state index contributed by atoms with van der Waals surface area (Å²) < 4.78 is 1.10. The molecule has 1 nitrogen and oxygen atoms in total. The third kappa shape index (κ3) is 5.17. The van der Waals surface area contributed by atoms with Gasteiger partial charge in [-0.05, 0) is 62.1 Å².